The number of fused-ring (bicyclic) bond motifs is 1. The molecular formula is C29H43N7O. The summed E-state index contributed by atoms with van der Waals surface area (Å²) in [6.45, 7) is 10.9. The van der Waals surface area contributed by atoms with Crippen LogP contribution < -0.4 is 0 Å². The predicted molar refractivity (Wildman–Crippen MR) is 147 cm³/mol. The molecule has 0 unspecified atom stereocenters. The first kappa shape index (κ1) is 25.9. The predicted octanol–water partition coefficient (Wildman–Crippen LogP) is 4.28. The average molecular weight is 506 g/mol. The zero-order valence-corrected chi connectivity index (χ0v) is 22.8. The number of nitrogens with zero attached hydrogens (tertiary/aromatic N) is 6. The lowest BCUT2D eigenvalue weighted by atomic mass is 9.77. The molecule has 1 spiro atoms. The van der Waals surface area contributed by atoms with E-state index in [0.717, 1.165) is 41.8 Å². The maximum atomic E-state index is 13.2. The molecule has 8 heteroatoms. The summed E-state index contributed by atoms with van der Waals surface area (Å²) in [6, 6.07) is 8.83. The Balaban J connectivity index is 1.10. The van der Waals surface area contributed by atoms with Crippen molar-refractivity contribution < 1.29 is 4.79 Å². The molecule has 2 aromatic heterocycles. The fraction of sp³-hybridized carbons (Fsp3) is 0.621. The molecule has 0 radical (unpaired) electrons. The molecule has 0 bridgehead atoms. The number of carbonyl (C=O) groups is 1. The van der Waals surface area contributed by atoms with Gasteiger partial charge in [0.25, 0.3) is 0 Å². The van der Waals surface area contributed by atoms with Crippen LogP contribution in [0.25, 0.3) is 11.0 Å². The zero-order chi connectivity index (χ0) is 25.8. The molecular weight excluding hydrogens is 462 g/mol. The molecule has 0 atom stereocenters. The van der Waals surface area contributed by atoms with Gasteiger partial charge < -0.3 is 19.4 Å². The van der Waals surface area contributed by atoms with Gasteiger partial charge in [-0.05, 0) is 69.8 Å². The Morgan fingerprint density at radius 2 is 1.86 bits per heavy atom. The van der Waals surface area contributed by atoms with Gasteiger partial charge in [-0.2, -0.15) is 0 Å². The van der Waals surface area contributed by atoms with Crippen LogP contribution in [0.2, 0.25) is 0 Å². The smallest absolute Gasteiger partial charge is 0.224 e. The lowest BCUT2D eigenvalue weighted by molar-refractivity contribution is -0.131. The van der Waals surface area contributed by atoms with Crippen LogP contribution in [0, 0.1) is 5.41 Å². The van der Waals surface area contributed by atoms with Crippen molar-refractivity contribution in [3.8, 4) is 0 Å². The van der Waals surface area contributed by atoms with E-state index in [4.69, 9.17) is 0 Å². The summed E-state index contributed by atoms with van der Waals surface area (Å²) in [6.07, 6.45) is 10.5. The molecule has 4 heterocycles. The Morgan fingerprint density at radius 1 is 1.11 bits per heavy atom. The molecule has 200 valence electrons. The van der Waals surface area contributed by atoms with Gasteiger partial charge in [0, 0.05) is 44.5 Å². The fourth-order valence-corrected chi connectivity index (χ4v) is 6.43. The molecule has 1 amide bonds. The van der Waals surface area contributed by atoms with E-state index in [1.807, 2.05) is 30.6 Å². The lowest BCUT2D eigenvalue weighted by Gasteiger charge is -2.42. The minimum absolute atomic E-state index is 0.287. The van der Waals surface area contributed by atoms with Crippen molar-refractivity contribution in [2.24, 2.45) is 5.41 Å². The lowest BCUT2D eigenvalue weighted by Crippen LogP contribution is -2.46. The van der Waals surface area contributed by atoms with E-state index >= 15 is 0 Å². The Labute approximate surface area is 221 Å². The van der Waals surface area contributed by atoms with E-state index in [9.17, 15) is 4.79 Å². The second kappa shape index (κ2) is 11.4. The van der Waals surface area contributed by atoms with Crippen LogP contribution in [0.15, 0.2) is 36.7 Å². The summed E-state index contributed by atoms with van der Waals surface area (Å²) in [5.41, 5.74) is 2.40. The van der Waals surface area contributed by atoms with Crippen molar-refractivity contribution in [2.75, 3.05) is 33.2 Å². The number of aromatic amines is 1. The number of benzene rings is 1. The molecule has 1 aromatic carbocycles. The van der Waals surface area contributed by atoms with E-state index < -0.39 is 0 Å². The van der Waals surface area contributed by atoms with Gasteiger partial charge in [0.1, 0.15) is 11.6 Å². The van der Waals surface area contributed by atoms with E-state index in [2.05, 4.69) is 61.2 Å². The molecule has 2 aliphatic rings. The van der Waals surface area contributed by atoms with E-state index in [1.54, 1.807) is 0 Å². The summed E-state index contributed by atoms with van der Waals surface area (Å²) < 4.78 is 2.13. The molecule has 2 aliphatic heterocycles. The van der Waals surface area contributed by atoms with Crippen molar-refractivity contribution in [1.82, 2.24) is 34.2 Å². The first-order chi connectivity index (χ1) is 18.0. The average Bonchev–Trinajstić information content (AvgIpc) is 3.63. The SMILES string of the molecule is CCC(CC)N1CCC2(CCN(C(=O)CCn3ccnc3CN(C)Cc3nc4ccccc4[nH]3)C2)CC1. The summed E-state index contributed by atoms with van der Waals surface area (Å²) in [5.74, 6) is 2.22. The molecule has 8 nitrogen and oxygen atoms in total. The summed E-state index contributed by atoms with van der Waals surface area (Å²) >= 11 is 0. The quantitative estimate of drug-likeness (QED) is 0.445. The van der Waals surface area contributed by atoms with Gasteiger partial charge in [0.2, 0.25) is 5.91 Å². The fourth-order valence-electron chi connectivity index (χ4n) is 6.43. The third-order valence-electron chi connectivity index (χ3n) is 8.75. The minimum Gasteiger partial charge on any atom is -0.342 e. The first-order valence-corrected chi connectivity index (χ1v) is 14.1. The van der Waals surface area contributed by atoms with Crippen LogP contribution in [0.1, 0.15) is 64.0 Å². The number of para-hydroxylation sites is 2. The van der Waals surface area contributed by atoms with Crippen LogP contribution in [-0.4, -0.2) is 79.4 Å². The highest BCUT2D eigenvalue weighted by atomic mass is 16.2. The van der Waals surface area contributed by atoms with Gasteiger partial charge >= 0.3 is 0 Å². The second-order valence-corrected chi connectivity index (χ2v) is 11.2. The number of nitrogens with one attached hydrogen (secondary N) is 1. The van der Waals surface area contributed by atoms with Crippen LogP contribution >= 0.6 is 0 Å². The number of H-pyrrole nitrogens is 1. The third kappa shape index (κ3) is 5.91. The Morgan fingerprint density at radius 3 is 2.62 bits per heavy atom. The van der Waals surface area contributed by atoms with Gasteiger partial charge in [-0.15, -0.1) is 0 Å². The molecule has 2 saturated heterocycles. The van der Waals surface area contributed by atoms with Crippen molar-refractivity contribution in [3.05, 3.63) is 48.3 Å². The number of likely N-dealkylation sites (tertiary alicyclic amines) is 2. The van der Waals surface area contributed by atoms with Crippen molar-refractivity contribution >= 4 is 16.9 Å². The van der Waals surface area contributed by atoms with Crippen LogP contribution in [0.5, 0.6) is 0 Å². The number of hydrogen-bond donors (Lipinski definition) is 1. The zero-order valence-electron chi connectivity index (χ0n) is 22.8. The van der Waals surface area contributed by atoms with Crippen LogP contribution in [-0.2, 0) is 24.4 Å². The first-order valence-electron chi connectivity index (χ1n) is 14.1. The maximum Gasteiger partial charge on any atom is 0.224 e. The monoisotopic (exact) mass is 505 g/mol. The number of rotatable bonds is 10. The normalized spacial score (nSPS) is 18.1. The van der Waals surface area contributed by atoms with E-state index in [1.165, 1.54) is 45.2 Å². The highest BCUT2D eigenvalue weighted by Crippen LogP contribution is 2.41. The number of amides is 1. The molecule has 1 N–H and O–H groups in total. The number of imidazole rings is 2. The standard InChI is InChI=1S/C29H43N7O/c1-4-23(5-2)34-16-11-29(12-17-34)13-18-36(22-29)28(37)10-15-35-19-14-30-27(35)21-33(3)20-26-31-24-8-6-7-9-25(24)32-26/h6-9,14,19,23H,4-5,10-13,15-18,20-22H2,1-3H3,(H,31,32). The Kier molecular flexibility index (Phi) is 7.95. The summed E-state index contributed by atoms with van der Waals surface area (Å²) in [7, 11) is 2.08. The number of hydrogen-bond acceptors (Lipinski definition) is 5. The largest absolute Gasteiger partial charge is 0.342 e. The van der Waals surface area contributed by atoms with Crippen LogP contribution in [0.4, 0.5) is 0 Å². The van der Waals surface area contributed by atoms with Gasteiger partial charge in [-0.3, -0.25) is 9.69 Å². The van der Waals surface area contributed by atoms with Gasteiger partial charge in [0.05, 0.1) is 24.1 Å². The number of aromatic nitrogens is 4. The van der Waals surface area contributed by atoms with Crippen LogP contribution in [0.3, 0.4) is 0 Å². The van der Waals surface area contributed by atoms with Crippen molar-refractivity contribution in [2.45, 2.75) is 78.0 Å². The van der Waals surface area contributed by atoms with E-state index in [-0.39, 0.29) is 5.91 Å². The minimum atomic E-state index is 0.287. The number of aryl methyl sites for hydroxylation is 1. The topological polar surface area (TPSA) is 73.3 Å². The van der Waals surface area contributed by atoms with Crippen molar-refractivity contribution in [1.29, 1.82) is 0 Å². The molecule has 3 aromatic rings. The van der Waals surface area contributed by atoms with Gasteiger partial charge in [-0.25, -0.2) is 9.97 Å². The van der Waals surface area contributed by atoms with Gasteiger partial charge in [0.15, 0.2) is 0 Å². The second-order valence-electron chi connectivity index (χ2n) is 11.2. The molecule has 0 aliphatic carbocycles. The molecule has 0 saturated carbocycles. The molecule has 37 heavy (non-hydrogen) atoms. The highest BCUT2D eigenvalue weighted by Gasteiger charge is 2.42. The number of piperidine rings is 1. The Bertz CT molecular complexity index is 1140. The summed E-state index contributed by atoms with van der Waals surface area (Å²) in [5, 5.41) is 0. The maximum absolute atomic E-state index is 13.2. The number of carbonyl (C=O) groups excluding carboxylic acids is 1. The van der Waals surface area contributed by atoms with E-state index in [0.29, 0.717) is 31.5 Å². The van der Waals surface area contributed by atoms with Gasteiger partial charge in [-0.1, -0.05) is 26.0 Å². The third-order valence-corrected chi connectivity index (χ3v) is 8.75. The Hall–Kier alpha value is -2.71. The van der Waals surface area contributed by atoms with Crippen molar-refractivity contribution in [3.63, 3.8) is 0 Å². The molecule has 2 fully saturated rings. The molecule has 5 rings (SSSR count). The summed E-state index contributed by atoms with van der Waals surface area (Å²) in [4.78, 5) is 32.8. The highest BCUT2D eigenvalue weighted by molar-refractivity contribution is 5.76.